The highest BCUT2D eigenvalue weighted by Gasteiger charge is 2.31. The summed E-state index contributed by atoms with van der Waals surface area (Å²) < 4.78 is 58.2. The average molecular weight is 451 g/mol. The second-order valence-corrected chi connectivity index (χ2v) is 6.52. The Morgan fingerprint density at radius 3 is 2.44 bits per heavy atom. The molecule has 0 fully saturated rings. The molecule has 168 valence electrons. The molecule has 3 rings (SSSR count). The molecule has 32 heavy (non-hydrogen) atoms. The SMILES string of the molecule is CCOc1cc(-c2ccc(NC(=O)Nc3cc(C(F)(F)F)ccc3O)c(F)c2)c[nH]c1=O. The van der Waals surface area contributed by atoms with Crippen molar-refractivity contribution in [1.29, 1.82) is 0 Å². The smallest absolute Gasteiger partial charge is 0.416 e. The van der Waals surface area contributed by atoms with Crippen LogP contribution in [0.3, 0.4) is 0 Å². The highest BCUT2D eigenvalue weighted by atomic mass is 19.4. The fraction of sp³-hybridized carbons (Fsp3) is 0.143. The van der Waals surface area contributed by atoms with Gasteiger partial charge in [0.1, 0.15) is 11.6 Å². The molecule has 1 heterocycles. The van der Waals surface area contributed by atoms with Crippen LogP contribution in [0, 0.1) is 5.82 Å². The molecule has 0 radical (unpaired) electrons. The molecule has 0 saturated heterocycles. The summed E-state index contributed by atoms with van der Waals surface area (Å²) in [6.45, 7) is 1.97. The summed E-state index contributed by atoms with van der Waals surface area (Å²) >= 11 is 0. The van der Waals surface area contributed by atoms with Crippen LogP contribution in [0.2, 0.25) is 0 Å². The lowest BCUT2D eigenvalue weighted by Crippen LogP contribution is -2.20. The van der Waals surface area contributed by atoms with Crippen molar-refractivity contribution in [2.75, 3.05) is 17.2 Å². The Morgan fingerprint density at radius 1 is 1.06 bits per heavy atom. The molecule has 0 aliphatic heterocycles. The zero-order valence-electron chi connectivity index (χ0n) is 16.5. The second-order valence-electron chi connectivity index (χ2n) is 6.52. The summed E-state index contributed by atoms with van der Waals surface area (Å²) in [5, 5.41) is 13.9. The number of phenolic OH excluding ortho intramolecular Hbond substituents is 1. The number of pyridine rings is 1. The van der Waals surface area contributed by atoms with E-state index in [-0.39, 0.29) is 18.0 Å². The first-order chi connectivity index (χ1) is 15.1. The number of nitrogens with one attached hydrogen (secondary N) is 3. The molecular weight excluding hydrogens is 434 g/mol. The minimum absolute atomic E-state index is 0.0629. The number of benzene rings is 2. The second kappa shape index (κ2) is 9.00. The Kier molecular flexibility index (Phi) is 6.37. The number of H-pyrrole nitrogens is 1. The van der Waals surface area contributed by atoms with Crippen LogP contribution in [0.4, 0.5) is 33.7 Å². The van der Waals surface area contributed by atoms with Gasteiger partial charge in [0.2, 0.25) is 0 Å². The minimum atomic E-state index is -4.67. The number of halogens is 4. The molecule has 0 spiro atoms. The first-order valence-corrected chi connectivity index (χ1v) is 9.22. The van der Waals surface area contributed by atoms with Crippen molar-refractivity contribution in [3.05, 3.63) is 70.4 Å². The average Bonchev–Trinajstić information content (AvgIpc) is 2.72. The van der Waals surface area contributed by atoms with E-state index >= 15 is 0 Å². The molecule has 4 N–H and O–H groups in total. The van der Waals surface area contributed by atoms with Crippen molar-refractivity contribution in [1.82, 2.24) is 4.98 Å². The maximum absolute atomic E-state index is 14.5. The van der Waals surface area contributed by atoms with Crippen molar-refractivity contribution in [3.8, 4) is 22.6 Å². The van der Waals surface area contributed by atoms with E-state index in [2.05, 4.69) is 10.3 Å². The number of hydrogen-bond donors (Lipinski definition) is 4. The van der Waals surface area contributed by atoms with Gasteiger partial charge in [-0.15, -0.1) is 0 Å². The van der Waals surface area contributed by atoms with Gasteiger partial charge >= 0.3 is 12.2 Å². The van der Waals surface area contributed by atoms with Crippen LogP contribution in [0.5, 0.6) is 11.5 Å². The number of urea groups is 1. The third-order valence-corrected chi connectivity index (χ3v) is 4.29. The van der Waals surface area contributed by atoms with Crippen LogP contribution in [-0.4, -0.2) is 22.7 Å². The minimum Gasteiger partial charge on any atom is -0.506 e. The van der Waals surface area contributed by atoms with Crippen molar-refractivity contribution in [2.45, 2.75) is 13.1 Å². The number of aromatic hydroxyl groups is 1. The van der Waals surface area contributed by atoms with Crippen molar-refractivity contribution < 1.29 is 32.2 Å². The topological polar surface area (TPSA) is 103 Å². The monoisotopic (exact) mass is 451 g/mol. The number of ether oxygens (including phenoxy) is 1. The van der Waals surface area contributed by atoms with Crippen molar-refractivity contribution >= 4 is 17.4 Å². The molecule has 0 saturated carbocycles. The molecule has 0 bridgehead atoms. The molecule has 1 aromatic heterocycles. The van der Waals surface area contributed by atoms with E-state index in [9.17, 15) is 32.3 Å². The normalized spacial score (nSPS) is 11.2. The van der Waals surface area contributed by atoms with Gasteiger partial charge in [0.25, 0.3) is 5.56 Å². The fourth-order valence-corrected chi connectivity index (χ4v) is 2.78. The van der Waals surface area contributed by atoms with E-state index in [1.165, 1.54) is 24.4 Å². The van der Waals surface area contributed by atoms with Gasteiger partial charge in [-0.3, -0.25) is 4.79 Å². The van der Waals surface area contributed by atoms with E-state index < -0.39 is 40.6 Å². The Bertz CT molecular complexity index is 1210. The molecule has 11 heteroatoms. The van der Waals surface area contributed by atoms with Gasteiger partial charge in [0.15, 0.2) is 5.75 Å². The van der Waals surface area contributed by atoms with E-state index in [1.54, 1.807) is 6.92 Å². The Hall–Kier alpha value is -4.02. The summed E-state index contributed by atoms with van der Waals surface area (Å²) in [5.41, 5.74) is -1.44. The van der Waals surface area contributed by atoms with E-state index in [0.717, 1.165) is 12.1 Å². The number of alkyl halides is 3. The molecule has 0 atom stereocenters. The molecule has 0 aliphatic carbocycles. The van der Waals surface area contributed by atoms with Crippen LogP contribution in [0.15, 0.2) is 53.5 Å². The van der Waals surface area contributed by atoms with Crippen molar-refractivity contribution in [2.24, 2.45) is 0 Å². The lowest BCUT2D eigenvalue weighted by Gasteiger charge is -2.13. The Morgan fingerprint density at radius 2 is 1.78 bits per heavy atom. The molecule has 2 amide bonds. The van der Waals surface area contributed by atoms with Crippen molar-refractivity contribution in [3.63, 3.8) is 0 Å². The summed E-state index contributed by atoms with van der Waals surface area (Å²) in [6, 6.07) is 6.17. The number of rotatable bonds is 5. The molecule has 7 nitrogen and oxygen atoms in total. The van der Waals surface area contributed by atoms with Gasteiger partial charge in [0, 0.05) is 11.8 Å². The highest BCUT2D eigenvalue weighted by Crippen LogP contribution is 2.34. The number of hydrogen-bond acceptors (Lipinski definition) is 4. The number of aromatic nitrogens is 1. The fourth-order valence-electron chi connectivity index (χ4n) is 2.78. The highest BCUT2D eigenvalue weighted by molar-refractivity contribution is 6.00. The summed E-state index contributed by atoms with van der Waals surface area (Å²) in [6.07, 6.45) is -3.30. The van der Waals surface area contributed by atoms with Crippen LogP contribution in [0.1, 0.15) is 12.5 Å². The van der Waals surface area contributed by atoms with Gasteiger partial charge in [-0.1, -0.05) is 6.07 Å². The van der Waals surface area contributed by atoms with Gasteiger partial charge in [-0.05, 0) is 48.9 Å². The predicted molar refractivity (Wildman–Crippen MR) is 109 cm³/mol. The van der Waals surface area contributed by atoms with E-state index in [1.807, 2.05) is 5.32 Å². The standard InChI is InChI=1S/C21H17F4N3O4/c1-2-32-18-8-12(10-26-19(18)30)11-3-5-15(14(22)7-11)27-20(31)28-16-9-13(21(23,24)25)4-6-17(16)29/h3-10,29H,2H2,1H3,(H,26,30)(H2,27,28,31). The number of carbonyl (C=O) groups excluding carboxylic acids is 1. The van der Waals surface area contributed by atoms with Gasteiger partial charge in [-0.2, -0.15) is 13.2 Å². The quantitative estimate of drug-likeness (QED) is 0.326. The molecule has 3 aromatic rings. The van der Waals surface area contributed by atoms with Crippen LogP contribution in [0.25, 0.3) is 11.1 Å². The van der Waals surface area contributed by atoms with Crippen LogP contribution >= 0.6 is 0 Å². The Labute approximate surface area is 178 Å². The lowest BCUT2D eigenvalue weighted by molar-refractivity contribution is -0.137. The third kappa shape index (κ3) is 5.17. The number of phenols is 1. The van der Waals surface area contributed by atoms with E-state index in [0.29, 0.717) is 23.3 Å². The lowest BCUT2D eigenvalue weighted by atomic mass is 10.1. The van der Waals surface area contributed by atoms with Crippen LogP contribution in [-0.2, 0) is 6.18 Å². The largest absolute Gasteiger partial charge is 0.506 e. The predicted octanol–water partition coefficient (Wildman–Crippen LogP) is 4.95. The van der Waals surface area contributed by atoms with Gasteiger partial charge in [0.05, 0.1) is 23.5 Å². The molecule has 0 unspecified atom stereocenters. The summed E-state index contributed by atoms with van der Waals surface area (Å²) in [4.78, 5) is 26.3. The summed E-state index contributed by atoms with van der Waals surface area (Å²) in [7, 11) is 0. The molecule has 2 aromatic carbocycles. The zero-order valence-corrected chi connectivity index (χ0v) is 16.5. The first-order valence-electron chi connectivity index (χ1n) is 9.22. The third-order valence-electron chi connectivity index (χ3n) is 4.29. The number of carbonyl (C=O) groups is 1. The first kappa shape index (κ1) is 22.7. The number of aromatic amines is 1. The van der Waals surface area contributed by atoms with E-state index in [4.69, 9.17) is 4.74 Å². The Balaban J connectivity index is 1.77. The zero-order chi connectivity index (χ0) is 23.5. The van der Waals surface area contributed by atoms with Gasteiger partial charge in [-0.25, -0.2) is 9.18 Å². The molecule has 0 aliphatic rings. The number of anilines is 2. The van der Waals surface area contributed by atoms with Crippen LogP contribution < -0.4 is 20.9 Å². The maximum atomic E-state index is 14.5. The molecular formula is C21H17F4N3O4. The number of amides is 2. The van der Waals surface area contributed by atoms with Gasteiger partial charge < -0.3 is 25.5 Å². The summed E-state index contributed by atoms with van der Waals surface area (Å²) in [5.74, 6) is -1.37. The maximum Gasteiger partial charge on any atom is 0.416 e.